The number of rotatable bonds is 4. The van der Waals surface area contributed by atoms with Crippen molar-refractivity contribution in [1.29, 1.82) is 0 Å². The van der Waals surface area contributed by atoms with Gasteiger partial charge in [0.05, 0.1) is 12.8 Å². The lowest BCUT2D eigenvalue weighted by Crippen LogP contribution is -2.46. The molecule has 25 heavy (non-hydrogen) atoms. The van der Waals surface area contributed by atoms with E-state index in [1.54, 1.807) is 23.3 Å². The molecule has 4 rings (SSSR count). The van der Waals surface area contributed by atoms with E-state index in [4.69, 9.17) is 4.42 Å². The average molecular weight is 343 g/mol. The minimum atomic E-state index is -0.452. The maximum absolute atomic E-state index is 12.9. The van der Waals surface area contributed by atoms with Crippen LogP contribution in [0.4, 0.5) is 0 Å². The largest absolute Gasteiger partial charge is 0.467 e. The summed E-state index contributed by atoms with van der Waals surface area (Å²) in [6.07, 6.45) is 3.89. The molecule has 1 saturated heterocycles. The third-order valence-electron chi connectivity index (χ3n) is 4.84. The number of fused-ring (bicyclic) bond motifs is 1. The van der Waals surface area contributed by atoms with Gasteiger partial charge in [-0.3, -0.25) is 14.7 Å². The molecule has 1 fully saturated rings. The summed E-state index contributed by atoms with van der Waals surface area (Å²) in [6.45, 7) is 2.42. The van der Waals surface area contributed by atoms with Gasteiger partial charge in [-0.05, 0) is 25.0 Å². The number of nitrogens with zero attached hydrogens (tertiary/aromatic N) is 2. The standard InChI is InChI=1S/C17H21N5O3/c23-16(19-9-11-3-2-8-25-11)14-4-1-7-22(14)17(24)15-12-10-18-6-5-13(12)20-21-15/h2-3,8,14,18H,1,4-7,9-10H2,(H,19,23)(H,20,21). The van der Waals surface area contributed by atoms with Gasteiger partial charge in [0, 0.05) is 37.3 Å². The number of carbonyl (C=O) groups excluding carboxylic acids is 2. The number of furan rings is 1. The quantitative estimate of drug-likeness (QED) is 0.753. The normalized spacial score (nSPS) is 19.7. The summed E-state index contributed by atoms with van der Waals surface area (Å²) < 4.78 is 5.23. The monoisotopic (exact) mass is 343 g/mol. The van der Waals surface area contributed by atoms with Gasteiger partial charge in [-0.15, -0.1) is 0 Å². The van der Waals surface area contributed by atoms with Gasteiger partial charge in [0.1, 0.15) is 11.8 Å². The van der Waals surface area contributed by atoms with E-state index in [1.165, 1.54) is 0 Å². The average Bonchev–Trinajstić information content (AvgIpc) is 3.39. The smallest absolute Gasteiger partial charge is 0.275 e. The molecule has 0 bridgehead atoms. The molecule has 0 spiro atoms. The van der Waals surface area contributed by atoms with E-state index >= 15 is 0 Å². The Hall–Kier alpha value is -2.61. The molecule has 8 nitrogen and oxygen atoms in total. The number of nitrogens with one attached hydrogen (secondary N) is 3. The van der Waals surface area contributed by atoms with Crippen molar-refractivity contribution in [2.24, 2.45) is 0 Å². The first-order valence-corrected chi connectivity index (χ1v) is 8.62. The second kappa shape index (κ2) is 6.72. The topological polar surface area (TPSA) is 103 Å². The molecule has 0 aliphatic carbocycles. The number of likely N-dealkylation sites (tertiary alicyclic amines) is 1. The van der Waals surface area contributed by atoms with Gasteiger partial charge >= 0.3 is 0 Å². The van der Waals surface area contributed by atoms with Gasteiger partial charge in [-0.1, -0.05) is 0 Å². The summed E-state index contributed by atoms with van der Waals surface area (Å²) in [6, 6.07) is 3.13. The lowest BCUT2D eigenvalue weighted by molar-refractivity contribution is -0.125. The molecule has 2 amide bonds. The van der Waals surface area contributed by atoms with Crippen molar-refractivity contribution in [2.45, 2.75) is 38.4 Å². The summed E-state index contributed by atoms with van der Waals surface area (Å²) >= 11 is 0. The molecule has 2 aliphatic heterocycles. The Balaban J connectivity index is 1.46. The molecular formula is C17H21N5O3. The van der Waals surface area contributed by atoms with Crippen molar-refractivity contribution < 1.29 is 14.0 Å². The zero-order valence-electron chi connectivity index (χ0n) is 13.9. The van der Waals surface area contributed by atoms with Crippen LogP contribution < -0.4 is 10.6 Å². The molecule has 132 valence electrons. The van der Waals surface area contributed by atoms with Gasteiger partial charge in [-0.25, -0.2) is 0 Å². The summed E-state index contributed by atoms with van der Waals surface area (Å²) in [5.41, 5.74) is 2.38. The fraction of sp³-hybridized carbons (Fsp3) is 0.471. The van der Waals surface area contributed by atoms with E-state index in [9.17, 15) is 9.59 Å². The van der Waals surface area contributed by atoms with E-state index in [2.05, 4.69) is 20.8 Å². The van der Waals surface area contributed by atoms with Crippen molar-refractivity contribution in [3.8, 4) is 0 Å². The van der Waals surface area contributed by atoms with E-state index in [0.29, 0.717) is 37.5 Å². The van der Waals surface area contributed by atoms with Crippen LogP contribution >= 0.6 is 0 Å². The Kier molecular flexibility index (Phi) is 4.27. The zero-order valence-corrected chi connectivity index (χ0v) is 13.9. The summed E-state index contributed by atoms with van der Waals surface area (Å²) in [7, 11) is 0. The maximum atomic E-state index is 12.9. The van der Waals surface area contributed by atoms with Crippen molar-refractivity contribution in [1.82, 2.24) is 25.7 Å². The second-order valence-corrected chi connectivity index (χ2v) is 6.41. The van der Waals surface area contributed by atoms with E-state index < -0.39 is 6.04 Å². The highest BCUT2D eigenvalue weighted by Gasteiger charge is 2.36. The summed E-state index contributed by atoms with van der Waals surface area (Å²) in [5.74, 6) is 0.373. The van der Waals surface area contributed by atoms with Crippen molar-refractivity contribution in [2.75, 3.05) is 13.1 Å². The molecule has 4 heterocycles. The third kappa shape index (κ3) is 3.05. The van der Waals surface area contributed by atoms with E-state index in [0.717, 1.165) is 30.6 Å². The van der Waals surface area contributed by atoms with Crippen LogP contribution in [-0.4, -0.2) is 46.0 Å². The summed E-state index contributed by atoms with van der Waals surface area (Å²) in [4.78, 5) is 27.1. The van der Waals surface area contributed by atoms with Gasteiger partial charge in [-0.2, -0.15) is 5.10 Å². The Morgan fingerprint density at radius 2 is 2.36 bits per heavy atom. The number of aromatic amines is 1. The van der Waals surface area contributed by atoms with Crippen molar-refractivity contribution in [3.63, 3.8) is 0 Å². The Labute approximate surface area is 145 Å². The fourth-order valence-electron chi connectivity index (χ4n) is 3.53. The van der Waals surface area contributed by atoms with Crippen LogP contribution in [0, 0.1) is 0 Å². The minimum Gasteiger partial charge on any atom is -0.467 e. The number of hydrogen-bond donors (Lipinski definition) is 3. The molecule has 8 heteroatoms. The lowest BCUT2D eigenvalue weighted by Gasteiger charge is -2.24. The van der Waals surface area contributed by atoms with Crippen LogP contribution in [0.1, 0.15) is 40.3 Å². The molecule has 1 atom stereocenters. The molecule has 0 radical (unpaired) electrons. The molecule has 3 N–H and O–H groups in total. The molecule has 1 unspecified atom stereocenters. The molecule has 0 saturated carbocycles. The predicted molar refractivity (Wildman–Crippen MR) is 88.6 cm³/mol. The number of aromatic nitrogens is 2. The van der Waals surface area contributed by atoms with Gasteiger partial charge < -0.3 is 20.0 Å². The highest BCUT2D eigenvalue weighted by molar-refractivity contribution is 5.97. The third-order valence-corrected chi connectivity index (χ3v) is 4.84. The minimum absolute atomic E-state index is 0.148. The van der Waals surface area contributed by atoms with Crippen LogP contribution in [-0.2, 0) is 24.3 Å². The van der Waals surface area contributed by atoms with Crippen LogP contribution in [0.3, 0.4) is 0 Å². The molecule has 0 aromatic carbocycles. The highest BCUT2D eigenvalue weighted by atomic mass is 16.3. The molecule has 2 aliphatic rings. The van der Waals surface area contributed by atoms with Gasteiger partial charge in [0.15, 0.2) is 5.69 Å². The number of carbonyl (C=O) groups is 2. The van der Waals surface area contributed by atoms with Crippen molar-refractivity contribution >= 4 is 11.8 Å². The SMILES string of the molecule is O=C(NCc1ccco1)C1CCCN1C(=O)c1n[nH]c2c1CNCC2. The van der Waals surface area contributed by atoms with Crippen LogP contribution in [0.2, 0.25) is 0 Å². The molecule has 2 aromatic rings. The van der Waals surface area contributed by atoms with Crippen LogP contribution in [0.25, 0.3) is 0 Å². The Morgan fingerprint density at radius 1 is 1.44 bits per heavy atom. The molecule has 2 aromatic heterocycles. The van der Waals surface area contributed by atoms with Gasteiger partial charge in [0.2, 0.25) is 5.91 Å². The maximum Gasteiger partial charge on any atom is 0.275 e. The van der Waals surface area contributed by atoms with E-state index in [1.807, 2.05) is 0 Å². The van der Waals surface area contributed by atoms with Crippen molar-refractivity contribution in [3.05, 3.63) is 41.1 Å². The first kappa shape index (κ1) is 15.9. The Bertz CT molecular complexity index is 767. The lowest BCUT2D eigenvalue weighted by atomic mass is 10.1. The predicted octanol–water partition coefficient (Wildman–Crippen LogP) is 0.569. The Morgan fingerprint density at radius 3 is 3.20 bits per heavy atom. The fourth-order valence-corrected chi connectivity index (χ4v) is 3.53. The number of H-pyrrole nitrogens is 1. The second-order valence-electron chi connectivity index (χ2n) is 6.41. The first-order chi connectivity index (χ1) is 12.2. The first-order valence-electron chi connectivity index (χ1n) is 8.62. The van der Waals surface area contributed by atoms with Gasteiger partial charge in [0.25, 0.3) is 5.91 Å². The zero-order chi connectivity index (χ0) is 17.2. The summed E-state index contributed by atoms with van der Waals surface area (Å²) in [5, 5.41) is 13.3. The van der Waals surface area contributed by atoms with Crippen LogP contribution in [0.15, 0.2) is 22.8 Å². The molecular weight excluding hydrogens is 322 g/mol. The number of amides is 2. The van der Waals surface area contributed by atoms with E-state index in [-0.39, 0.29) is 11.8 Å². The number of hydrogen-bond acceptors (Lipinski definition) is 5. The van der Waals surface area contributed by atoms with Crippen LogP contribution in [0.5, 0.6) is 0 Å². The highest BCUT2D eigenvalue weighted by Crippen LogP contribution is 2.23.